The monoisotopic (exact) mass is 587 g/mol. The average molecular weight is 588 g/mol. The molecule has 0 bridgehead atoms. The molecule has 1 aliphatic rings. The Morgan fingerprint density at radius 3 is 1.39 bits per heavy atom. The normalized spacial score (nSPS) is 12.8. The summed E-state index contributed by atoms with van der Waals surface area (Å²) in [6, 6.07) is 50.5. The van der Waals surface area contributed by atoms with E-state index >= 15 is 0 Å². The summed E-state index contributed by atoms with van der Waals surface area (Å²) in [7, 11) is 5.91. The van der Waals surface area contributed by atoms with E-state index in [1.54, 1.807) is 0 Å². The summed E-state index contributed by atoms with van der Waals surface area (Å²) in [6.45, 7) is 4.59. The Balaban J connectivity index is 1.23. The van der Waals surface area contributed by atoms with E-state index in [0.29, 0.717) is 17.5 Å². The van der Waals surface area contributed by atoms with Crippen molar-refractivity contribution in [1.29, 1.82) is 0 Å². The first-order valence-electron chi connectivity index (χ1n) is 15.6. The third-order valence-corrected chi connectivity index (χ3v) is 9.11. The number of nitrogens with zero attached hydrogens (tertiary/aromatic N) is 3. The van der Waals surface area contributed by atoms with E-state index in [1.807, 2.05) is 30.3 Å². The van der Waals surface area contributed by atoms with Gasteiger partial charge in [0.2, 0.25) is 0 Å². The molecule has 1 aromatic heterocycles. The first kappa shape index (κ1) is 27.9. The van der Waals surface area contributed by atoms with E-state index in [-0.39, 0.29) is 5.41 Å². The smallest absolute Gasteiger partial charge is 0.164 e. The van der Waals surface area contributed by atoms with Crippen molar-refractivity contribution in [3.05, 3.63) is 157 Å². The molecule has 46 heavy (non-hydrogen) atoms. The Bertz CT molecular complexity index is 2200. The fourth-order valence-corrected chi connectivity index (χ4v) is 6.54. The fourth-order valence-electron chi connectivity index (χ4n) is 6.54. The average Bonchev–Trinajstić information content (AvgIpc) is 3.34. The van der Waals surface area contributed by atoms with Gasteiger partial charge in [-0.1, -0.05) is 159 Å². The van der Waals surface area contributed by atoms with Crippen LogP contribution < -0.4 is 5.46 Å². The van der Waals surface area contributed by atoms with Gasteiger partial charge >= 0.3 is 0 Å². The summed E-state index contributed by atoms with van der Waals surface area (Å²) < 4.78 is 0. The van der Waals surface area contributed by atoms with Crippen LogP contribution in [0.2, 0.25) is 0 Å². The second kappa shape index (κ2) is 11.1. The van der Waals surface area contributed by atoms with Crippen molar-refractivity contribution in [3.8, 4) is 67.5 Å². The quantitative estimate of drug-likeness (QED) is 0.189. The number of rotatable bonds is 5. The molecule has 3 nitrogen and oxygen atoms in total. The minimum Gasteiger partial charge on any atom is -0.208 e. The van der Waals surface area contributed by atoms with Crippen molar-refractivity contribution >= 4 is 13.3 Å². The Kier molecular flexibility index (Phi) is 6.72. The third-order valence-electron chi connectivity index (χ3n) is 9.11. The Labute approximate surface area is 271 Å². The second-order valence-electron chi connectivity index (χ2n) is 12.4. The molecule has 1 heterocycles. The van der Waals surface area contributed by atoms with Gasteiger partial charge in [0.25, 0.3) is 0 Å². The van der Waals surface area contributed by atoms with Gasteiger partial charge < -0.3 is 0 Å². The molecule has 0 aliphatic heterocycles. The summed E-state index contributed by atoms with van der Waals surface area (Å²) >= 11 is 0. The maximum Gasteiger partial charge on any atom is 0.164 e. The van der Waals surface area contributed by atoms with E-state index in [0.717, 1.165) is 38.8 Å². The Morgan fingerprint density at radius 1 is 0.391 bits per heavy atom. The van der Waals surface area contributed by atoms with Crippen molar-refractivity contribution in [3.63, 3.8) is 0 Å². The lowest BCUT2D eigenvalue weighted by Crippen LogP contribution is -2.15. The molecule has 8 rings (SSSR count). The van der Waals surface area contributed by atoms with Crippen molar-refractivity contribution in [1.82, 2.24) is 15.0 Å². The molecule has 0 saturated heterocycles. The van der Waals surface area contributed by atoms with Gasteiger partial charge in [-0.25, -0.2) is 15.0 Å². The predicted octanol–water partition coefficient (Wildman–Crippen LogP) is 9.31. The molecule has 0 saturated carbocycles. The molecular formula is C42H30BN3. The maximum atomic E-state index is 5.91. The zero-order valence-corrected chi connectivity index (χ0v) is 25.8. The highest BCUT2D eigenvalue weighted by Gasteiger charge is 2.35. The van der Waals surface area contributed by atoms with E-state index in [2.05, 4.69) is 129 Å². The molecular weight excluding hydrogens is 557 g/mol. The van der Waals surface area contributed by atoms with Crippen LogP contribution in [-0.2, 0) is 5.41 Å². The summed E-state index contributed by atoms with van der Waals surface area (Å²) in [5.41, 5.74) is 13.2. The largest absolute Gasteiger partial charge is 0.208 e. The van der Waals surface area contributed by atoms with Gasteiger partial charge in [-0.15, -0.1) is 0 Å². The van der Waals surface area contributed by atoms with Crippen LogP contribution in [0.1, 0.15) is 25.0 Å². The molecule has 0 amide bonds. The number of fused-ring (bicyclic) bond motifs is 3. The second-order valence-corrected chi connectivity index (χ2v) is 12.4. The predicted molar refractivity (Wildman–Crippen MR) is 190 cm³/mol. The van der Waals surface area contributed by atoms with E-state index < -0.39 is 0 Å². The minimum absolute atomic E-state index is 0.119. The van der Waals surface area contributed by atoms with Crippen LogP contribution in [0.5, 0.6) is 0 Å². The highest BCUT2D eigenvalue weighted by Crippen LogP contribution is 2.49. The molecule has 6 aromatic carbocycles. The molecule has 0 fully saturated rings. The molecule has 7 aromatic rings. The van der Waals surface area contributed by atoms with Crippen molar-refractivity contribution in [2.75, 3.05) is 0 Å². The molecule has 2 radical (unpaired) electrons. The fraction of sp³-hybridized carbons (Fsp3) is 0.0714. The summed E-state index contributed by atoms with van der Waals surface area (Å²) in [5, 5.41) is 0. The van der Waals surface area contributed by atoms with Crippen LogP contribution in [0.4, 0.5) is 0 Å². The van der Waals surface area contributed by atoms with Gasteiger partial charge in [0.05, 0.1) is 0 Å². The topological polar surface area (TPSA) is 38.7 Å². The molecule has 0 spiro atoms. The van der Waals surface area contributed by atoms with Gasteiger partial charge in [-0.3, -0.25) is 0 Å². The molecule has 1 aliphatic carbocycles. The molecule has 0 atom stereocenters. The summed E-state index contributed by atoms with van der Waals surface area (Å²) in [5.74, 6) is 1.94. The molecule has 0 unspecified atom stereocenters. The number of hydrogen-bond donors (Lipinski definition) is 0. The number of hydrogen-bond acceptors (Lipinski definition) is 3. The van der Waals surface area contributed by atoms with Gasteiger partial charge in [-0.05, 0) is 50.6 Å². The van der Waals surface area contributed by atoms with Crippen LogP contribution in [0.25, 0.3) is 67.5 Å². The molecule has 4 heteroatoms. The van der Waals surface area contributed by atoms with Gasteiger partial charge in [0, 0.05) is 22.1 Å². The van der Waals surface area contributed by atoms with Crippen LogP contribution >= 0.6 is 0 Å². The SMILES string of the molecule is [B]c1ccc(-c2ccc(-c3nc(-c4ccc(-c5ccccc5)cc4)nc(-c4ccc5c(c4)C(C)(C)c4ccccc4-5)n3)cc2)cc1. The van der Waals surface area contributed by atoms with Crippen LogP contribution in [0, 0.1) is 0 Å². The van der Waals surface area contributed by atoms with Gasteiger partial charge in [0.15, 0.2) is 17.5 Å². The first-order chi connectivity index (χ1) is 22.4. The van der Waals surface area contributed by atoms with Crippen molar-refractivity contribution in [2.45, 2.75) is 19.3 Å². The van der Waals surface area contributed by atoms with Crippen molar-refractivity contribution < 1.29 is 0 Å². The van der Waals surface area contributed by atoms with E-state index in [9.17, 15) is 0 Å². The number of benzene rings is 6. The lowest BCUT2D eigenvalue weighted by Gasteiger charge is -2.21. The number of aromatic nitrogens is 3. The standard InChI is InChI=1S/C42H30BN3/c1-42(2)37-11-7-6-10-35(37)36-25-22-33(26-38(36)42)41-45-39(31-16-12-28(13-17-31)27-8-4-3-5-9-27)44-40(46-41)32-18-14-29(15-19-32)30-20-23-34(43)24-21-30/h3-26H,1-2H3. The lowest BCUT2D eigenvalue weighted by molar-refractivity contribution is 0.660. The van der Waals surface area contributed by atoms with E-state index in [1.165, 1.54) is 27.8 Å². The van der Waals surface area contributed by atoms with Crippen molar-refractivity contribution in [2.24, 2.45) is 0 Å². The molecule has 216 valence electrons. The van der Waals surface area contributed by atoms with Crippen LogP contribution in [0.3, 0.4) is 0 Å². The third kappa shape index (κ3) is 4.93. The first-order valence-corrected chi connectivity index (χ1v) is 15.6. The highest BCUT2D eigenvalue weighted by molar-refractivity contribution is 6.32. The molecule has 0 N–H and O–H groups in total. The summed E-state index contributed by atoms with van der Waals surface area (Å²) in [4.78, 5) is 15.1. The Hall–Kier alpha value is -5.61. The summed E-state index contributed by atoms with van der Waals surface area (Å²) in [6.07, 6.45) is 0. The van der Waals surface area contributed by atoms with Crippen LogP contribution in [-0.4, -0.2) is 22.8 Å². The minimum atomic E-state index is -0.119. The van der Waals surface area contributed by atoms with E-state index in [4.69, 9.17) is 22.8 Å². The zero-order valence-electron chi connectivity index (χ0n) is 25.8. The lowest BCUT2D eigenvalue weighted by atomic mass is 9.82. The van der Waals surface area contributed by atoms with Gasteiger partial charge in [0.1, 0.15) is 7.85 Å². The maximum absolute atomic E-state index is 5.91. The highest BCUT2D eigenvalue weighted by atomic mass is 15.0. The van der Waals surface area contributed by atoms with Crippen LogP contribution in [0.15, 0.2) is 146 Å². The van der Waals surface area contributed by atoms with Gasteiger partial charge in [-0.2, -0.15) is 0 Å². The Morgan fingerprint density at radius 2 is 0.804 bits per heavy atom. The zero-order chi connectivity index (χ0) is 31.3.